The topological polar surface area (TPSA) is 30.2 Å². The van der Waals surface area contributed by atoms with Crippen LogP contribution in [0.25, 0.3) is 11.0 Å². The van der Waals surface area contributed by atoms with Gasteiger partial charge in [-0.2, -0.15) is 0 Å². The molecule has 0 aliphatic heterocycles. The second kappa shape index (κ2) is 3.38. The van der Waals surface area contributed by atoms with Gasteiger partial charge in [0.1, 0.15) is 0 Å². The zero-order valence-electron chi connectivity index (χ0n) is 8.85. The zero-order valence-corrected chi connectivity index (χ0v) is 9.61. The van der Waals surface area contributed by atoms with Crippen LogP contribution in [0.3, 0.4) is 0 Å². The van der Waals surface area contributed by atoms with Gasteiger partial charge in [-0.25, -0.2) is 0 Å². The molecule has 0 fully saturated rings. The van der Waals surface area contributed by atoms with Crippen molar-refractivity contribution in [2.45, 2.75) is 20.8 Å². The molecular weight excluding hydrogens is 212 g/mol. The smallest absolute Gasteiger partial charge is 0.195 e. The monoisotopic (exact) mass is 222 g/mol. The van der Waals surface area contributed by atoms with Crippen LogP contribution in [-0.4, -0.2) is 0 Å². The van der Waals surface area contributed by atoms with Crippen LogP contribution in [0.1, 0.15) is 16.7 Å². The molecule has 2 rings (SSSR count). The van der Waals surface area contributed by atoms with E-state index in [2.05, 4.69) is 0 Å². The van der Waals surface area contributed by atoms with Crippen molar-refractivity contribution in [2.75, 3.05) is 0 Å². The van der Waals surface area contributed by atoms with E-state index in [0.717, 1.165) is 11.1 Å². The molecule has 3 heteroatoms. The maximum Gasteiger partial charge on any atom is 0.195 e. The Balaban J connectivity index is 3.12. The second-order valence-electron chi connectivity index (χ2n) is 3.75. The van der Waals surface area contributed by atoms with Gasteiger partial charge in [-0.1, -0.05) is 11.6 Å². The number of halogens is 1. The van der Waals surface area contributed by atoms with Crippen molar-refractivity contribution in [3.8, 4) is 0 Å². The summed E-state index contributed by atoms with van der Waals surface area (Å²) < 4.78 is 5.36. The molecule has 1 aromatic carbocycles. The van der Waals surface area contributed by atoms with E-state index in [1.807, 2.05) is 19.9 Å². The van der Waals surface area contributed by atoms with Gasteiger partial charge in [-0.15, -0.1) is 0 Å². The lowest BCUT2D eigenvalue weighted by Crippen LogP contribution is -2.07. The molecule has 0 aliphatic rings. The third-order valence-corrected chi connectivity index (χ3v) is 2.97. The third-order valence-electron chi connectivity index (χ3n) is 2.69. The van der Waals surface area contributed by atoms with Crippen molar-refractivity contribution in [1.82, 2.24) is 0 Å². The lowest BCUT2D eigenvalue weighted by atomic mass is 10.0. The van der Waals surface area contributed by atoms with E-state index in [-0.39, 0.29) is 5.43 Å². The molecule has 0 spiro atoms. The van der Waals surface area contributed by atoms with E-state index in [9.17, 15) is 4.79 Å². The van der Waals surface area contributed by atoms with Gasteiger partial charge < -0.3 is 4.42 Å². The zero-order chi connectivity index (χ0) is 11.2. The van der Waals surface area contributed by atoms with Gasteiger partial charge in [-0.3, -0.25) is 4.79 Å². The molecule has 2 nitrogen and oxygen atoms in total. The minimum atomic E-state index is -0.000602. The molecule has 0 bridgehead atoms. The molecule has 0 saturated carbocycles. The van der Waals surface area contributed by atoms with Crippen molar-refractivity contribution in [1.29, 1.82) is 0 Å². The maximum atomic E-state index is 11.9. The van der Waals surface area contributed by atoms with E-state index in [1.165, 1.54) is 6.26 Å². The lowest BCUT2D eigenvalue weighted by Gasteiger charge is -2.06. The number of rotatable bonds is 0. The highest BCUT2D eigenvalue weighted by atomic mass is 35.5. The fraction of sp³-hybridized carbons (Fsp3) is 0.250. The Labute approximate surface area is 92.5 Å². The van der Waals surface area contributed by atoms with Crippen molar-refractivity contribution < 1.29 is 4.42 Å². The highest BCUT2D eigenvalue weighted by molar-refractivity contribution is 6.35. The fourth-order valence-electron chi connectivity index (χ4n) is 1.64. The standard InChI is InChI=1S/C12H11ClO2/c1-6-4-9(13)12-10(8(6)3)11(14)7(2)5-15-12/h4-5H,1-3H3. The van der Waals surface area contributed by atoms with Gasteiger partial charge in [0.2, 0.25) is 0 Å². The van der Waals surface area contributed by atoms with Crippen LogP contribution in [0, 0.1) is 20.8 Å². The van der Waals surface area contributed by atoms with Crippen LogP contribution < -0.4 is 5.43 Å². The van der Waals surface area contributed by atoms with Crippen molar-refractivity contribution >= 4 is 22.6 Å². The largest absolute Gasteiger partial charge is 0.462 e. The molecule has 1 aromatic heterocycles. The molecule has 1 heterocycles. The highest BCUT2D eigenvalue weighted by Gasteiger charge is 2.11. The van der Waals surface area contributed by atoms with Crippen molar-refractivity contribution in [3.05, 3.63) is 44.3 Å². The third kappa shape index (κ3) is 1.45. The molecule has 0 N–H and O–H groups in total. The van der Waals surface area contributed by atoms with E-state index in [4.69, 9.17) is 16.0 Å². The summed E-state index contributed by atoms with van der Waals surface area (Å²) in [5.74, 6) is 0. The Morgan fingerprint density at radius 3 is 2.53 bits per heavy atom. The number of hydrogen-bond donors (Lipinski definition) is 0. The molecule has 0 unspecified atom stereocenters. The van der Waals surface area contributed by atoms with Gasteiger partial charge in [0.25, 0.3) is 0 Å². The first-order valence-corrected chi connectivity index (χ1v) is 5.08. The molecule has 78 valence electrons. The second-order valence-corrected chi connectivity index (χ2v) is 4.16. The first-order chi connectivity index (χ1) is 7.02. The Morgan fingerprint density at radius 2 is 1.87 bits per heavy atom. The molecule has 2 aromatic rings. The minimum absolute atomic E-state index is 0.000602. The molecule has 0 atom stereocenters. The van der Waals surface area contributed by atoms with E-state index in [0.29, 0.717) is 21.6 Å². The Hall–Kier alpha value is -1.28. The van der Waals surface area contributed by atoms with Gasteiger partial charge in [0, 0.05) is 5.56 Å². The normalized spacial score (nSPS) is 10.9. The van der Waals surface area contributed by atoms with Crippen LogP contribution in [0.5, 0.6) is 0 Å². The predicted octanol–water partition coefficient (Wildman–Crippen LogP) is 3.37. The minimum Gasteiger partial charge on any atom is -0.462 e. The maximum absolute atomic E-state index is 11.9. The van der Waals surface area contributed by atoms with E-state index in [1.54, 1.807) is 6.92 Å². The van der Waals surface area contributed by atoms with Crippen molar-refractivity contribution in [2.24, 2.45) is 0 Å². The summed E-state index contributed by atoms with van der Waals surface area (Å²) in [7, 11) is 0. The van der Waals surface area contributed by atoms with Crippen LogP contribution in [0.2, 0.25) is 5.02 Å². The van der Waals surface area contributed by atoms with Gasteiger partial charge in [0.15, 0.2) is 11.0 Å². The summed E-state index contributed by atoms with van der Waals surface area (Å²) in [6, 6.07) is 1.82. The number of fused-ring (bicyclic) bond motifs is 1. The average Bonchev–Trinajstić information content (AvgIpc) is 2.19. The van der Waals surface area contributed by atoms with Gasteiger partial charge >= 0.3 is 0 Å². The van der Waals surface area contributed by atoms with Gasteiger partial charge in [0.05, 0.1) is 16.7 Å². The summed E-state index contributed by atoms with van der Waals surface area (Å²) in [4.78, 5) is 11.9. The summed E-state index contributed by atoms with van der Waals surface area (Å²) in [6.45, 7) is 5.58. The molecule has 0 aliphatic carbocycles. The number of hydrogen-bond acceptors (Lipinski definition) is 2. The van der Waals surface area contributed by atoms with Crippen LogP contribution in [-0.2, 0) is 0 Å². The number of aryl methyl sites for hydroxylation is 3. The average molecular weight is 223 g/mol. The molecule has 15 heavy (non-hydrogen) atoms. The van der Waals surface area contributed by atoms with Crippen LogP contribution >= 0.6 is 11.6 Å². The quantitative estimate of drug-likeness (QED) is 0.684. The van der Waals surface area contributed by atoms with E-state index >= 15 is 0 Å². The van der Waals surface area contributed by atoms with Crippen LogP contribution in [0.4, 0.5) is 0 Å². The molecular formula is C12H11ClO2. The lowest BCUT2D eigenvalue weighted by molar-refractivity contribution is 0.597. The highest BCUT2D eigenvalue weighted by Crippen LogP contribution is 2.26. The Kier molecular flexibility index (Phi) is 2.31. The first-order valence-electron chi connectivity index (χ1n) is 4.70. The van der Waals surface area contributed by atoms with E-state index < -0.39 is 0 Å². The van der Waals surface area contributed by atoms with Crippen LogP contribution in [0.15, 0.2) is 21.5 Å². The predicted molar refractivity (Wildman–Crippen MR) is 61.7 cm³/mol. The Morgan fingerprint density at radius 1 is 1.20 bits per heavy atom. The summed E-state index contributed by atoms with van der Waals surface area (Å²) >= 11 is 6.03. The Bertz CT molecular complexity index is 597. The number of benzene rings is 1. The van der Waals surface area contributed by atoms with Gasteiger partial charge in [-0.05, 0) is 38.0 Å². The van der Waals surface area contributed by atoms with Crippen molar-refractivity contribution in [3.63, 3.8) is 0 Å². The molecule has 0 radical (unpaired) electrons. The SMILES string of the molecule is Cc1cc(Cl)c2occ(C)c(=O)c2c1C. The summed E-state index contributed by atoms with van der Waals surface area (Å²) in [5, 5.41) is 1.09. The molecule has 0 amide bonds. The fourth-order valence-corrected chi connectivity index (χ4v) is 1.94. The summed E-state index contributed by atoms with van der Waals surface area (Å²) in [5.41, 5.74) is 3.03. The summed E-state index contributed by atoms with van der Waals surface area (Å²) in [6.07, 6.45) is 1.45. The first kappa shape index (κ1) is 10.2. The molecule has 0 saturated heterocycles.